The molecule has 0 heterocycles. The third-order valence-corrected chi connectivity index (χ3v) is 8.09. The zero-order chi connectivity index (χ0) is 31.6. The van der Waals surface area contributed by atoms with Gasteiger partial charge in [0.15, 0.2) is 0 Å². The monoisotopic (exact) mass is 648 g/mol. The summed E-state index contributed by atoms with van der Waals surface area (Å²) in [6, 6.07) is 25.8. The number of hydrogen-bond donors (Lipinski definition) is 3. The molecule has 12 heteroatoms. The quantitative estimate of drug-likeness (QED) is 0.0658. The SMILES string of the molecule is CCC(Sc1cccc(NC(=O)/C(=C\c2ccccc2[N+](=O)[O-])NC(=O)c2ccccc2)c1)C(=O)Nc1ccc(Cl)cc1Cl. The number of hydrogen-bond acceptors (Lipinski definition) is 6. The van der Waals surface area contributed by atoms with E-state index in [9.17, 15) is 24.5 Å². The Hall–Kier alpha value is -4.64. The van der Waals surface area contributed by atoms with E-state index in [4.69, 9.17) is 23.2 Å². The zero-order valence-corrected chi connectivity index (χ0v) is 25.6. The van der Waals surface area contributed by atoms with E-state index in [0.717, 1.165) is 0 Å². The van der Waals surface area contributed by atoms with Gasteiger partial charge in [0.2, 0.25) is 5.91 Å². The number of nitro benzene ring substituents is 1. The number of thioether (sulfide) groups is 1. The Bertz CT molecular complexity index is 1730. The molecule has 9 nitrogen and oxygen atoms in total. The first kappa shape index (κ1) is 32.3. The van der Waals surface area contributed by atoms with Crippen LogP contribution in [0, 0.1) is 10.1 Å². The highest BCUT2D eigenvalue weighted by Crippen LogP contribution is 2.31. The van der Waals surface area contributed by atoms with E-state index in [1.165, 1.54) is 36.0 Å². The highest BCUT2D eigenvalue weighted by Gasteiger charge is 2.21. The van der Waals surface area contributed by atoms with Crippen molar-refractivity contribution in [3.63, 3.8) is 0 Å². The van der Waals surface area contributed by atoms with Crippen LogP contribution in [-0.4, -0.2) is 27.9 Å². The van der Waals surface area contributed by atoms with Crippen molar-refractivity contribution in [3.8, 4) is 0 Å². The lowest BCUT2D eigenvalue weighted by Gasteiger charge is -2.16. The molecule has 0 aromatic heterocycles. The summed E-state index contributed by atoms with van der Waals surface area (Å²) >= 11 is 13.5. The number of rotatable bonds is 11. The van der Waals surface area contributed by atoms with Gasteiger partial charge in [-0.05, 0) is 67.1 Å². The van der Waals surface area contributed by atoms with Gasteiger partial charge in [-0.15, -0.1) is 11.8 Å². The van der Waals surface area contributed by atoms with Crippen molar-refractivity contribution >= 4 is 75.8 Å². The Morgan fingerprint density at radius 3 is 2.34 bits per heavy atom. The summed E-state index contributed by atoms with van der Waals surface area (Å²) in [5, 5.41) is 20.0. The van der Waals surface area contributed by atoms with E-state index < -0.39 is 22.0 Å². The van der Waals surface area contributed by atoms with E-state index in [-0.39, 0.29) is 22.9 Å². The van der Waals surface area contributed by atoms with Gasteiger partial charge in [-0.2, -0.15) is 0 Å². The predicted molar refractivity (Wildman–Crippen MR) is 175 cm³/mol. The van der Waals surface area contributed by atoms with E-state index >= 15 is 0 Å². The second-order valence-electron chi connectivity index (χ2n) is 9.30. The first-order chi connectivity index (χ1) is 21.1. The van der Waals surface area contributed by atoms with E-state index in [1.807, 2.05) is 6.92 Å². The standard InChI is InChI=1S/C32H26Cl2N4O5S/c1-2-29(32(41)36-26-16-15-22(33)18-25(26)34)44-24-13-8-12-23(19-24)35-31(40)27(37-30(39)20-9-4-3-5-10-20)17-21-11-6-7-14-28(21)38(42)43/h3-19,29H,2H2,1H3,(H,35,40)(H,36,41)(H,37,39)/b27-17+. The second kappa shape index (κ2) is 15.2. The molecule has 0 bridgehead atoms. The van der Waals surface area contributed by atoms with Gasteiger partial charge in [0.1, 0.15) is 5.70 Å². The number of amides is 3. The maximum absolute atomic E-state index is 13.5. The van der Waals surface area contributed by atoms with Crippen molar-refractivity contribution in [1.29, 1.82) is 0 Å². The molecule has 4 rings (SSSR count). The molecule has 0 aliphatic rings. The normalized spacial score (nSPS) is 11.8. The first-order valence-corrected chi connectivity index (χ1v) is 14.9. The Morgan fingerprint density at radius 2 is 1.64 bits per heavy atom. The van der Waals surface area contributed by atoms with Gasteiger partial charge in [-0.3, -0.25) is 24.5 Å². The Balaban J connectivity index is 1.54. The highest BCUT2D eigenvalue weighted by atomic mass is 35.5. The van der Waals surface area contributed by atoms with Crippen LogP contribution < -0.4 is 16.0 Å². The van der Waals surface area contributed by atoms with Crippen molar-refractivity contribution in [3.05, 3.63) is 134 Å². The van der Waals surface area contributed by atoms with E-state index in [2.05, 4.69) is 16.0 Å². The number of carbonyl (C=O) groups is 3. The fourth-order valence-corrected chi connectivity index (χ4v) is 5.48. The van der Waals surface area contributed by atoms with Crippen molar-refractivity contribution in [1.82, 2.24) is 5.32 Å². The minimum absolute atomic E-state index is 0.137. The summed E-state index contributed by atoms with van der Waals surface area (Å²) in [4.78, 5) is 51.1. The summed E-state index contributed by atoms with van der Waals surface area (Å²) in [6.45, 7) is 1.88. The maximum atomic E-state index is 13.5. The number of halogens is 2. The van der Waals surface area contributed by atoms with E-state index in [0.29, 0.717) is 38.3 Å². The number of anilines is 2. The first-order valence-electron chi connectivity index (χ1n) is 13.3. The van der Waals surface area contributed by atoms with Gasteiger partial charge in [0.25, 0.3) is 17.5 Å². The van der Waals surface area contributed by atoms with Crippen LogP contribution in [-0.2, 0) is 9.59 Å². The van der Waals surface area contributed by atoms with Crippen molar-refractivity contribution in [2.45, 2.75) is 23.5 Å². The largest absolute Gasteiger partial charge is 0.324 e. The lowest BCUT2D eigenvalue weighted by atomic mass is 10.1. The van der Waals surface area contributed by atoms with Crippen LogP contribution in [0.15, 0.2) is 108 Å². The minimum atomic E-state index is -0.697. The average molecular weight is 650 g/mol. The zero-order valence-electron chi connectivity index (χ0n) is 23.3. The third-order valence-electron chi connectivity index (χ3n) is 6.18. The molecule has 3 N–H and O–H groups in total. The molecule has 0 aliphatic heterocycles. The number of nitrogens with one attached hydrogen (secondary N) is 3. The number of nitrogens with zero attached hydrogens (tertiary/aromatic N) is 1. The van der Waals surface area contributed by atoms with Crippen LogP contribution in [0.1, 0.15) is 29.3 Å². The number of para-hydroxylation sites is 1. The van der Waals surface area contributed by atoms with Crippen LogP contribution in [0.25, 0.3) is 6.08 Å². The lowest BCUT2D eigenvalue weighted by Crippen LogP contribution is -2.30. The van der Waals surface area contributed by atoms with Crippen LogP contribution in [0.2, 0.25) is 10.0 Å². The molecule has 224 valence electrons. The summed E-state index contributed by atoms with van der Waals surface area (Å²) in [7, 11) is 0. The molecule has 44 heavy (non-hydrogen) atoms. The molecular formula is C32H26Cl2N4O5S. The van der Waals surface area contributed by atoms with Gasteiger partial charge >= 0.3 is 0 Å². The fraction of sp³-hybridized carbons (Fsp3) is 0.0938. The Kier molecular flexibility index (Phi) is 11.1. The molecule has 3 amide bonds. The summed E-state index contributed by atoms with van der Waals surface area (Å²) in [5.41, 5.74) is 0.842. The molecule has 0 aliphatic carbocycles. The molecule has 0 spiro atoms. The molecule has 0 fully saturated rings. The predicted octanol–water partition coefficient (Wildman–Crippen LogP) is 7.82. The smallest absolute Gasteiger partial charge is 0.276 e. The van der Waals surface area contributed by atoms with Gasteiger partial charge in [0, 0.05) is 27.2 Å². The van der Waals surface area contributed by atoms with Crippen LogP contribution in [0.4, 0.5) is 17.1 Å². The summed E-state index contributed by atoms with van der Waals surface area (Å²) in [5.74, 6) is -1.52. The number of carbonyl (C=O) groups excluding carboxylic acids is 3. The minimum Gasteiger partial charge on any atom is -0.324 e. The Labute approximate surface area is 267 Å². The number of benzene rings is 4. The second-order valence-corrected chi connectivity index (χ2v) is 11.4. The van der Waals surface area contributed by atoms with Crippen LogP contribution in [0.3, 0.4) is 0 Å². The van der Waals surface area contributed by atoms with Gasteiger partial charge in [-0.1, -0.05) is 66.5 Å². The lowest BCUT2D eigenvalue weighted by molar-refractivity contribution is -0.385. The summed E-state index contributed by atoms with van der Waals surface area (Å²) in [6.07, 6.45) is 1.76. The molecule has 1 atom stereocenters. The van der Waals surface area contributed by atoms with Crippen LogP contribution in [0.5, 0.6) is 0 Å². The van der Waals surface area contributed by atoms with Crippen LogP contribution >= 0.6 is 35.0 Å². The van der Waals surface area contributed by atoms with Crippen molar-refractivity contribution in [2.75, 3.05) is 10.6 Å². The maximum Gasteiger partial charge on any atom is 0.276 e. The highest BCUT2D eigenvalue weighted by molar-refractivity contribution is 8.00. The molecule has 0 saturated heterocycles. The van der Waals surface area contributed by atoms with Gasteiger partial charge in [0.05, 0.1) is 26.4 Å². The molecular weight excluding hydrogens is 623 g/mol. The van der Waals surface area contributed by atoms with Gasteiger partial charge < -0.3 is 16.0 Å². The molecule has 4 aromatic carbocycles. The van der Waals surface area contributed by atoms with E-state index in [1.54, 1.807) is 78.9 Å². The van der Waals surface area contributed by atoms with Gasteiger partial charge in [-0.25, -0.2) is 0 Å². The molecule has 0 radical (unpaired) electrons. The molecule has 0 saturated carbocycles. The molecule has 4 aromatic rings. The summed E-state index contributed by atoms with van der Waals surface area (Å²) < 4.78 is 0. The fourth-order valence-electron chi connectivity index (χ4n) is 4.01. The topological polar surface area (TPSA) is 130 Å². The number of nitro groups is 1. The Morgan fingerprint density at radius 1 is 0.909 bits per heavy atom. The molecule has 1 unspecified atom stereocenters. The van der Waals surface area contributed by atoms with Crippen molar-refractivity contribution < 1.29 is 19.3 Å². The van der Waals surface area contributed by atoms with Crippen molar-refractivity contribution in [2.24, 2.45) is 0 Å². The average Bonchev–Trinajstić information content (AvgIpc) is 3.01. The third kappa shape index (κ3) is 8.70.